The smallest absolute Gasteiger partial charge is 0.508 e. The van der Waals surface area contributed by atoms with Crippen LogP contribution in [-0.4, -0.2) is 169 Å². The zero-order chi connectivity index (χ0) is 60.8. The SMILES string of the molecule is CCc1c2c(nc3ccc(O)cc13)-c1cc3c(c(=O)n1C2)COC(=O)[C@@]3(CC)OC(=O)OCc1ccc(NC(=O)COCC(=O)NCCOCCOCCOCCOCCOCCn2nncc2CNC(=O)CCCCCN2C(=O)C=CC2=O)cc1.S. The van der Waals surface area contributed by atoms with E-state index in [9.17, 15) is 43.5 Å². The molecular weight excluding hydrogens is 1150 g/mol. The van der Waals surface area contributed by atoms with Gasteiger partial charge in [-0.05, 0) is 73.2 Å². The minimum Gasteiger partial charge on any atom is -0.508 e. The summed E-state index contributed by atoms with van der Waals surface area (Å²) in [5.74, 6) is -2.39. The average Bonchev–Trinajstić information content (AvgIpc) is 1.74. The molecule has 5 amide bonds. The van der Waals surface area contributed by atoms with Crippen molar-refractivity contribution in [2.75, 3.05) is 97.7 Å². The van der Waals surface area contributed by atoms with Gasteiger partial charge in [-0.15, -0.1) is 5.10 Å². The third-order valence-corrected chi connectivity index (χ3v) is 14.3. The molecule has 3 aliphatic heterocycles. The molecule has 0 fully saturated rings. The van der Waals surface area contributed by atoms with Gasteiger partial charge in [0, 0.05) is 53.9 Å². The van der Waals surface area contributed by atoms with Gasteiger partial charge in [0.05, 0.1) is 120 Å². The molecule has 0 saturated carbocycles. The fourth-order valence-electron chi connectivity index (χ4n) is 9.85. The maximum atomic E-state index is 14.0. The van der Waals surface area contributed by atoms with E-state index in [-0.39, 0.29) is 101 Å². The molecule has 27 nitrogen and oxygen atoms in total. The number of unbranched alkanes of at least 4 members (excludes halogenated alkanes) is 2. The van der Waals surface area contributed by atoms with Gasteiger partial charge in [0.15, 0.2) is 0 Å². The number of carbonyl (C=O) groups excluding carboxylic acids is 7. The normalized spacial score (nSPS) is 14.7. The van der Waals surface area contributed by atoms with Gasteiger partial charge in [0.1, 0.15) is 32.2 Å². The summed E-state index contributed by atoms with van der Waals surface area (Å²) in [6, 6.07) is 13.0. The van der Waals surface area contributed by atoms with Gasteiger partial charge in [0.2, 0.25) is 23.3 Å². The Kier molecular flexibility index (Phi) is 25.3. The number of hydrogen-bond acceptors (Lipinski definition) is 21. The second-order valence-electron chi connectivity index (χ2n) is 20.0. The minimum atomic E-state index is -1.98. The number of ether oxygens (including phenoxy) is 9. The Balaban J connectivity index is 0.0000108. The van der Waals surface area contributed by atoms with Gasteiger partial charge >= 0.3 is 12.1 Å². The maximum absolute atomic E-state index is 14.0. The number of esters is 1. The maximum Gasteiger partial charge on any atom is 0.510 e. The monoisotopic (exact) mass is 1230 g/mol. The molecule has 1 atom stereocenters. The van der Waals surface area contributed by atoms with Crippen LogP contribution in [0.4, 0.5) is 10.5 Å². The van der Waals surface area contributed by atoms with Crippen LogP contribution >= 0.6 is 13.5 Å². The number of benzene rings is 2. The topological polar surface area (TPSA) is 328 Å². The van der Waals surface area contributed by atoms with Crippen molar-refractivity contribution >= 4 is 71.7 Å². The molecule has 5 aromatic rings. The number of imide groups is 1. The molecular formula is C59H73N9O18S. The van der Waals surface area contributed by atoms with Crippen LogP contribution in [0.1, 0.15) is 79.5 Å². The molecule has 2 aromatic carbocycles. The predicted octanol–water partition coefficient (Wildman–Crippen LogP) is 3.37. The zero-order valence-electron chi connectivity index (χ0n) is 48.6. The molecule has 0 unspecified atom stereocenters. The Bertz CT molecular complexity index is 3300. The van der Waals surface area contributed by atoms with E-state index in [2.05, 4.69) is 26.3 Å². The summed E-state index contributed by atoms with van der Waals surface area (Å²) in [4.78, 5) is 107. The van der Waals surface area contributed by atoms with Gasteiger partial charge in [-0.3, -0.25) is 33.7 Å². The number of fused-ring (bicyclic) bond motifs is 5. The summed E-state index contributed by atoms with van der Waals surface area (Å²) in [6.45, 7) is 7.37. The highest BCUT2D eigenvalue weighted by atomic mass is 32.1. The van der Waals surface area contributed by atoms with Crippen molar-refractivity contribution in [3.8, 4) is 17.1 Å². The standard InChI is InChI=1S/C59H71N9O18.H2S/c1-3-43-44-30-42(69)13-14-48(44)64-55-45(43)34-67-49(55)31-47-46(56(67)75)36-84-57(76)59(47,4-2)86-58(77)85-35-39-9-11-40(12-10-39)63-52(72)38-83-37-51(71)60-17-20-78-22-24-80-26-28-82-29-27-81-25-23-79-21-19-68-41(33-62-65-68)32-61-50(70)8-6-5-7-18-66-53(73)15-16-54(66)74;/h9-16,30-31,33,69H,3-8,17-29,32,34-38H2,1-2H3,(H,60,71)(H,61,70)(H,63,72);1H2/t59-;/m0./s1. The predicted molar refractivity (Wildman–Crippen MR) is 314 cm³/mol. The lowest BCUT2D eigenvalue weighted by Gasteiger charge is -2.35. The van der Waals surface area contributed by atoms with E-state index < -0.39 is 41.7 Å². The van der Waals surface area contributed by atoms with Gasteiger partial charge in [-0.25, -0.2) is 19.3 Å². The summed E-state index contributed by atoms with van der Waals surface area (Å²) in [5, 5.41) is 27.1. The largest absolute Gasteiger partial charge is 0.510 e. The number of anilines is 1. The molecule has 0 radical (unpaired) electrons. The molecule has 0 bridgehead atoms. The van der Waals surface area contributed by atoms with E-state index >= 15 is 0 Å². The van der Waals surface area contributed by atoms with Crippen LogP contribution in [-0.2, 0) is 116 Å². The van der Waals surface area contributed by atoms with Crippen LogP contribution in [0.5, 0.6) is 5.75 Å². The van der Waals surface area contributed by atoms with Gasteiger partial charge in [0.25, 0.3) is 17.4 Å². The lowest BCUT2D eigenvalue weighted by atomic mass is 9.85. The van der Waals surface area contributed by atoms with Crippen molar-refractivity contribution in [1.29, 1.82) is 0 Å². The summed E-state index contributed by atoms with van der Waals surface area (Å²) in [6.07, 6.45) is 5.83. The van der Waals surface area contributed by atoms with Crippen LogP contribution in [0.2, 0.25) is 0 Å². The average molecular weight is 1230 g/mol. The first-order chi connectivity index (χ1) is 41.8. The van der Waals surface area contributed by atoms with Crippen LogP contribution in [0, 0.1) is 0 Å². The fraction of sp³-hybridized carbons (Fsp3) is 0.475. The Morgan fingerprint density at radius 3 is 2.10 bits per heavy atom. The first-order valence-corrected chi connectivity index (χ1v) is 28.5. The Morgan fingerprint density at radius 2 is 1.41 bits per heavy atom. The van der Waals surface area contributed by atoms with E-state index in [0.29, 0.717) is 133 Å². The summed E-state index contributed by atoms with van der Waals surface area (Å²) >= 11 is 0. The van der Waals surface area contributed by atoms with E-state index in [1.54, 1.807) is 70.9 Å². The van der Waals surface area contributed by atoms with Gasteiger partial charge in [-0.1, -0.05) is 37.6 Å². The molecule has 0 saturated heterocycles. The van der Waals surface area contributed by atoms with Gasteiger partial charge in [-0.2, -0.15) is 13.5 Å². The molecule has 3 aromatic heterocycles. The number of phenolic OH excluding ortho intramolecular Hbond substituents is 1. The number of nitrogens with one attached hydrogen (secondary N) is 3. The van der Waals surface area contributed by atoms with Crippen LogP contribution in [0.3, 0.4) is 0 Å². The number of amides is 5. The number of rotatable bonds is 36. The number of aryl methyl sites for hydroxylation is 1. The Labute approximate surface area is 507 Å². The number of phenols is 1. The second-order valence-corrected chi connectivity index (χ2v) is 20.0. The first-order valence-electron chi connectivity index (χ1n) is 28.5. The molecule has 468 valence electrons. The Hall–Kier alpha value is -8.12. The summed E-state index contributed by atoms with van der Waals surface area (Å²) in [7, 11) is 0. The molecule has 0 aliphatic carbocycles. The Morgan fingerprint density at radius 1 is 0.736 bits per heavy atom. The van der Waals surface area contributed by atoms with E-state index in [0.717, 1.165) is 22.2 Å². The molecule has 8 rings (SSSR count). The molecule has 6 heterocycles. The summed E-state index contributed by atoms with van der Waals surface area (Å²) < 4.78 is 52.9. The van der Waals surface area contributed by atoms with Crippen molar-refractivity contribution in [2.45, 2.75) is 90.8 Å². The van der Waals surface area contributed by atoms with Crippen molar-refractivity contribution in [2.24, 2.45) is 0 Å². The number of nitrogens with zero attached hydrogens (tertiary/aromatic N) is 6. The molecule has 4 N–H and O–H groups in total. The lowest BCUT2D eigenvalue weighted by molar-refractivity contribution is -0.175. The molecule has 3 aliphatic rings. The molecule has 87 heavy (non-hydrogen) atoms. The van der Waals surface area contributed by atoms with Crippen molar-refractivity contribution in [3.63, 3.8) is 0 Å². The summed E-state index contributed by atoms with van der Waals surface area (Å²) in [5.41, 5.74) is 3.10. The number of carbonyl (C=O) groups is 7. The number of cyclic esters (lactones) is 1. The van der Waals surface area contributed by atoms with Crippen molar-refractivity contribution in [3.05, 3.63) is 111 Å². The first kappa shape index (κ1) is 66.4. The third kappa shape index (κ3) is 18.0. The van der Waals surface area contributed by atoms with Crippen LogP contribution in [0.15, 0.2) is 71.7 Å². The number of aromatic nitrogens is 5. The molecule has 0 spiro atoms. The highest BCUT2D eigenvalue weighted by Gasteiger charge is 2.51. The number of aromatic hydroxyl groups is 1. The number of hydrogen-bond donors (Lipinski definition) is 4. The lowest BCUT2D eigenvalue weighted by Crippen LogP contribution is -2.47. The highest BCUT2D eigenvalue weighted by molar-refractivity contribution is 7.59. The quantitative estimate of drug-likeness (QED) is 0.0249. The van der Waals surface area contributed by atoms with E-state index in [4.69, 9.17) is 47.6 Å². The molecule has 28 heteroatoms. The highest BCUT2D eigenvalue weighted by Crippen LogP contribution is 2.42. The van der Waals surface area contributed by atoms with Crippen molar-refractivity contribution < 1.29 is 81.3 Å². The third-order valence-electron chi connectivity index (χ3n) is 14.3. The van der Waals surface area contributed by atoms with E-state index in [1.807, 2.05) is 6.92 Å². The minimum absolute atomic E-state index is 0. The van der Waals surface area contributed by atoms with Gasteiger partial charge < -0.3 is 68.3 Å². The van der Waals surface area contributed by atoms with Crippen molar-refractivity contribution in [1.82, 2.24) is 40.1 Å². The second kappa shape index (κ2) is 33.1. The number of pyridine rings is 2. The van der Waals surface area contributed by atoms with E-state index in [1.165, 1.54) is 17.1 Å². The fourth-order valence-corrected chi connectivity index (χ4v) is 9.85. The van der Waals surface area contributed by atoms with Crippen LogP contribution < -0.4 is 21.5 Å². The van der Waals surface area contributed by atoms with Crippen LogP contribution in [0.25, 0.3) is 22.3 Å². The zero-order valence-corrected chi connectivity index (χ0v) is 49.6.